The zero-order chi connectivity index (χ0) is 6.55. The molecular weight excluding hydrogens is 122 g/mol. The molecule has 1 heteroatoms. The van der Waals surface area contributed by atoms with E-state index in [1.54, 1.807) is 12.8 Å². The first kappa shape index (κ1) is 5.59. The van der Waals surface area contributed by atoms with Crippen LogP contribution in [0.25, 0.3) is 0 Å². The highest BCUT2D eigenvalue weighted by Gasteiger charge is 2.45. The Kier molecular flexibility index (Phi) is 0.984. The van der Waals surface area contributed by atoms with E-state index in [4.69, 9.17) is 0 Å². The Hall–Kier alpha value is -0.0400. The number of nitrogens with one attached hydrogen (secondary N) is 1. The maximum Gasteiger partial charge on any atom is 0.00726 e. The maximum absolute atomic E-state index is 3.62. The Labute approximate surface area is 62.2 Å². The van der Waals surface area contributed by atoms with Crippen LogP contribution in [0.15, 0.2) is 0 Å². The largest absolute Gasteiger partial charge is 0.314 e. The summed E-state index contributed by atoms with van der Waals surface area (Å²) in [5.41, 5.74) is 0. The van der Waals surface area contributed by atoms with E-state index in [0.717, 1.165) is 23.8 Å². The number of rotatable bonds is 0. The molecule has 1 nitrogen and oxygen atoms in total. The first-order valence-corrected chi connectivity index (χ1v) is 4.67. The third-order valence-electron chi connectivity index (χ3n) is 3.94. The van der Waals surface area contributed by atoms with Crippen molar-refractivity contribution >= 4 is 0 Å². The van der Waals surface area contributed by atoms with E-state index in [1.807, 2.05) is 0 Å². The molecule has 0 amide bonds. The van der Waals surface area contributed by atoms with Crippen molar-refractivity contribution in [3.05, 3.63) is 0 Å². The molecule has 0 spiro atoms. The number of fused-ring (bicyclic) bond motifs is 1. The van der Waals surface area contributed by atoms with Crippen molar-refractivity contribution in [1.29, 1.82) is 0 Å². The van der Waals surface area contributed by atoms with E-state index < -0.39 is 0 Å². The highest BCUT2D eigenvalue weighted by Crippen LogP contribution is 2.49. The van der Waals surface area contributed by atoms with Crippen molar-refractivity contribution in [2.45, 2.75) is 31.7 Å². The minimum atomic E-state index is 0.919. The van der Waals surface area contributed by atoms with Gasteiger partial charge >= 0.3 is 0 Å². The van der Waals surface area contributed by atoms with E-state index in [9.17, 15) is 0 Å². The van der Waals surface area contributed by atoms with Crippen LogP contribution in [0.2, 0.25) is 0 Å². The summed E-state index contributed by atoms with van der Waals surface area (Å²) in [5.74, 6) is 3.35. The average Bonchev–Trinajstić information content (AvgIpc) is 2.29. The Bertz CT molecular complexity index is 141. The second-order valence-corrected chi connectivity index (χ2v) is 4.34. The van der Waals surface area contributed by atoms with Crippen LogP contribution < -0.4 is 5.32 Å². The lowest BCUT2D eigenvalue weighted by Crippen LogP contribution is -2.50. The highest BCUT2D eigenvalue weighted by atomic mass is 15.0. The molecule has 4 rings (SSSR count). The highest BCUT2D eigenvalue weighted by molar-refractivity contribution is 4.99. The lowest BCUT2D eigenvalue weighted by Gasteiger charge is -2.42. The molecule has 2 saturated carbocycles. The van der Waals surface area contributed by atoms with Gasteiger partial charge in [0.15, 0.2) is 0 Å². The van der Waals surface area contributed by atoms with Crippen molar-refractivity contribution in [2.75, 3.05) is 6.54 Å². The molecule has 1 N–H and O–H groups in total. The van der Waals surface area contributed by atoms with Gasteiger partial charge in [-0.05, 0) is 50.0 Å². The smallest absolute Gasteiger partial charge is 0.00726 e. The number of hydrogen-bond donors (Lipinski definition) is 1. The SMILES string of the molecule is C1CC2CC3CC1C2CN3. The van der Waals surface area contributed by atoms with Gasteiger partial charge in [0.2, 0.25) is 0 Å². The van der Waals surface area contributed by atoms with Crippen molar-refractivity contribution < 1.29 is 0 Å². The monoisotopic (exact) mass is 137 g/mol. The normalized spacial score (nSPS) is 57.6. The molecule has 10 heavy (non-hydrogen) atoms. The minimum Gasteiger partial charge on any atom is -0.314 e. The van der Waals surface area contributed by atoms with E-state index in [2.05, 4.69) is 5.32 Å². The van der Waals surface area contributed by atoms with Crippen molar-refractivity contribution in [3.8, 4) is 0 Å². The molecular formula is C9H15N. The first-order chi connectivity index (χ1) is 4.93. The zero-order valence-corrected chi connectivity index (χ0v) is 6.34. The summed E-state index contributed by atoms with van der Waals surface area (Å²) in [6, 6.07) is 0.919. The van der Waals surface area contributed by atoms with Gasteiger partial charge in [-0.25, -0.2) is 0 Å². The van der Waals surface area contributed by atoms with Gasteiger partial charge in [-0.3, -0.25) is 0 Å². The van der Waals surface area contributed by atoms with Gasteiger partial charge in [-0.15, -0.1) is 0 Å². The van der Waals surface area contributed by atoms with Gasteiger partial charge < -0.3 is 5.32 Å². The van der Waals surface area contributed by atoms with E-state index in [1.165, 1.54) is 19.4 Å². The molecule has 0 aromatic carbocycles. The fourth-order valence-electron chi connectivity index (χ4n) is 3.46. The molecule has 2 aliphatic carbocycles. The Morgan fingerprint density at radius 3 is 2.20 bits per heavy atom. The summed E-state index contributed by atoms with van der Waals surface area (Å²) in [4.78, 5) is 0. The molecule has 0 aromatic rings. The third kappa shape index (κ3) is 0.572. The molecule has 0 radical (unpaired) electrons. The van der Waals surface area contributed by atoms with Gasteiger partial charge in [0.1, 0.15) is 0 Å². The molecule has 56 valence electrons. The molecule has 2 heterocycles. The van der Waals surface area contributed by atoms with Crippen molar-refractivity contribution in [2.24, 2.45) is 17.8 Å². The number of hydrogen-bond acceptors (Lipinski definition) is 1. The van der Waals surface area contributed by atoms with Crippen molar-refractivity contribution in [1.82, 2.24) is 5.32 Å². The Balaban J connectivity index is 1.94. The van der Waals surface area contributed by atoms with Crippen LogP contribution in [-0.2, 0) is 0 Å². The summed E-state index contributed by atoms with van der Waals surface area (Å²) in [6.45, 7) is 1.35. The third-order valence-corrected chi connectivity index (χ3v) is 3.94. The Morgan fingerprint density at radius 1 is 1.00 bits per heavy atom. The van der Waals surface area contributed by atoms with Crippen LogP contribution in [0.1, 0.15) is 25.7 Å². The molecule has 4 bridgehead atoms. The topological polar surface area (TPSA) is 12.0 Å². The van der Waals surface area contributed by atoms with Gasteiger partial charge in [-0.2, -0.15) is 0 Å². The zero-order valence-electron chi connectivity index (χ0n) is 6.34. The number of piperidine rings is 2. The Morgan fingerprint density at radius 2 is 1.70 bits per heavy atom. The summed E-state index contributed by atoms with van der Waals surface area (Å²) >= 11 is 0. The van der Waals surface area contributed by atoms with Crippen LogP contribution in [0.4, 0.5) is 0 Å². The summed E-state index contributed by atoms with van der Waals surface area (Å²) < 4.78 is 0. The molecule has 2 unspecified atom stereocenters. The quantitative estimate of drug-likeness (QED) is 0.532. The van der Waals surface area contributed by atoms with Gasteiger partial charge in [0.25, 0.3) is 0 Å². The van der Waals surface area contributed by atoms with Gasteiger partial charge in [-0.1, -0.05) is 0 Å². The molecule has 4 aliphatic rings. The molecule has 2 saturated heterocycles. The predicted octanol–water partition coefficient (Wildman–Crippen LogP) is 1.39. The van der Waals surface area contributed by atoms with E-state index in [0.29, 0.717) is 0 Å². The van der Waals surface area contributed by atoms with Gasteiger partial charge in [0.05, 0.1) is 0 Å². The lowest BCUT2D eigenvalue weighted by molar-refractivity contribution is 0.122. The van der Waals surface area contributed by atoms with E-state index in [-0.39, 0.29) is 0 Å². The predicted molar refractivity (Wildman–Crippen MR) is 40.7 cm³/mol. The van der Waals surface area contributed by atoms with Gasteiger partial charge in [0, 0.05) is 6.04 Å². The second-order valence-electron chi connectivity index (χ2n) is 4.34. The maximum atomic E-state index is 3.62. The fourth-order valence-corrected chi connectivity index (χ4v) is 3.46. The van der Waals surface area contributed by atoms with Crippen LogP contribution in [-0.4, -0.2) is 12.6 Å². The molecule has 0 aromatic heterocycles. The van der Waals surface area contributed by atoms with Crippen LogP contribution in [0, 0.1) is 17.8 Å². The molecule has 4 fully saturated rings. The van der Waals surface area contributed by atoms with Crippen LogP contribution in [0.3, 0.4) is 0 Å². The molecule has 2 aliphatic heterocycles. The lowest BCUT2D eigenvalue weighted by atomic mass is 9.72. The van der Waals surface area contributed by atoms with Crippen LogP contribution >= 0.6 is 0 Å². The summed E-state index contributed by atoms with van der Waals surface area (Å²) in [6.07, 6.45) is 6.10. The average molecular weight is 137 g/mol. The molecule has 2 atom stereocenters. The summed E-state index contributed by atoms with van der Waals surface area (Å²) in [7, 11) is 0. The van der Waals surface area contributed by atoms with Crippen LogP contribution in [0.5, 0.6) is 0 Å². The van der Waals surface area contributed by atoms with E-state index >= 15 is 0 Å². The fraction of sp³-hybridized carbons (Fsp3) is 1.00. The standard InChI is InChI=1S/C9H15N/c1-2-7-4-8-3-6(1)9(7)5-10-8/h6-10H,1-5H2. The summed E-state index contributed by atoms with van der Waals surface area (Å²) in [5, 5.41) is 3.62. The van der Waals surface area contributed by atoms with Crippen molar-refractivity contribution in [3.63, 3.8) is 0 Å². The second kappa shape index (κ2) is 1.76. The first-order valence-electron chi connectivity index (χ1n) is 4.67. The minimum absolute atomic E-state index is 0.919.